The normalized spacial score (nSPS) is 16.4. The topological polar surface area (TPSA) is 65.5 Å². The van der Waals surface area contributed by atoms with Crippen LogP contribution in [0.25, 0.3) is 0 Å². The number of amides is 1. The maximum Gasteiger partial charge on any atom is 0.225 e. The van der Waals surface area contributed by atoms with Crippen molar-refractivity contribution in [3.63, 3.8) is 0 Å². The fourth-order valence-corrected chi connectivity index (χ4v) is 3.89. The number of aliphatic imine (C=N–C) groups is 1. The highest BCUT2D eigenvalue weighted by Crippen LogP contribution is 2.31. The van der Waals surface area contributed by atoms with Gasteiger partial charge >= 0.3 is 0 Å². The van der Waals surface area contributed by atoms with Gasteiger partial charge in [-0.25, -0.2) is 0 Å². The fraction of sp³-hybridized carbons (Fsp3) is 0.300. The molecule has 0 bridgehead atoms. The van der Waals surface area contributed by atoms with Gasteiger partial charge in [-0.2, -0.15) is 0 Å². The second kappa shape index (κ2) is 9.67. The van der Waals surface area contributed by atoms with E-state index in [1.807, 2.05) is 42.5 Å². The Morgan fingerprint density at radius 2 is 2.00 bits per heavy atom. The Balaban J connectivity index is 1.45. The van der Waals surface area contributed by atoms with Crippen LogP contribution in [-0.4, -0.2) is 37.8 Å². The number of anilines is 1. The molecular weight excluding hydrogens is 380 g/mol. The van der Waals surface area contributed by atoms with Gasteiger partial charge in [0.2, 0.25) is 5.91 Å². The average Bonchev–Trinajstić information content (AvgIpc) is 2.68. The summed E-state index contributed by atoms with van der Waals surface area (Å²) in [7, 11) is 1.75. The standard InChI is InChI=1S/C20H23ClN4OS/c1-22-20(23-10-11-27-16-8-6-15(21)7-9-16)24-13-14-12-19(26)25-18-5-3-2-4-17(14)18/h2-9,14H,10-13H2,1H3,(H,25,26)(H2,22,23,24). The first kappa shape index (κ1) is 19.6. The molecule has 5 nitrogen and oxygen atoms in total. The molecule has 0 aliphatic carbocycles. The molecule has 1 aliphatic heterocycles. The Hall–Kier alpha value is -2.18. The number of thioether (sulfide) groups is 1. The zero-order valence-electron chi connectivity index (χ0n) is 15.2. The van der Waals surface area contributed by atoms with Crippen molar-refractivity contribution < 1.29 is 4.79 Å². The van der Waals surface area contributed by atoms with Crippen molar-refractivity contribution in [3.05, 3.63) is 59.1 Å². The van der Waals surface area contributed by atoms with Crippen molar-refractivity contribution in [2.45, 2.75) is 17.2 Å². The highest BCUT2D eigenvalue weighted by atomic mass is 35.5. The minimum absolute atomic E-state index is 0.0582. The predicted octanol–water partition coefficient (Wildman–Crippen LogP) is 3.72. The van der Waals surface area contributed by atoms with E-state index < -0.39 is 0 Å². The molecule has 7 heteroatoms. The summed E-state index contributed by atoms with van der Waals surface area (Å²) in [6, 6.07) is 15.8. The van der Waals surface area contributed by atoms with Crippen LogP contribution in [0.5, 0.6) is 0 Å². The predicted molar refractivity (Wildman–Crippen MR) is 114 cm³/mol. The van der Waals surface area contributed by atoms with Crippen LogP contribution in [0.4, 0.5) is 5.69 Å². The third-order valence-electron chi connectivity index (χ3n) is 4.32. The fourth-order valence-electron chi connectivity index (χ4n) is 2.99. The van der Waals surface area contributed by atoms with Crippen LogP contribution in [0.1, 0.15) is 17.9 Å². The number of carbonyl (C=O) groups excluding carboxylic acids is 1. The second-order valence-corrected chi connectivity index (χ2v) is 7.82. The molecule has 0 saturated heterocycles. The molecule has 3 rings (SSSR count). The molecule has 1 unspecified atom stereocenters. The third-order valence-corrected chi connectivity index (χ3v) is 5.59. The molecule has 1 aliphatic rings. The van der Waals surface area contributed by atoms with E-state index >= 15 is 0 Å². The maximum atomic E-state index is 11.9. The smallest absolute Gasteiger partial charge is 0.225 e. The molecule has 0 radical (unpaired) electrons. The van der Waals surface area contributed by atoms with Crippen LogP contribution in [0.15, 0.2) is 58.4 Å². The zero-order chi connectivity index (χ0) is 19.1. The Labute approximate surface area is 169 Å². The lowest BCUT2D eigenvalue weighted by molar-refractivity contribution is -0.116. The van der Waals surface area contributed by atoms with Crippen LogP contribution < -0.4 is 16.0 Å². The van der Waals surface area contributed by atoms with Crippen LogP contribution in [0.3, 0.4) is 0 Å². The number of halogens is 1. The van der Waals surface area contributed by atoms with Crippen molar-refractivity contribution in [3.8, 4) is 0 Å². The van der Waals surface area contributed by atoms with Crippen molar-refractivity contribution in [1.82, 2.24) is 10.6 Å². The summed E-state index contributed by atoms with van der Waals surface area (Å²) in [5.41, 5.74) is 2.07. The van der Waals surface area contributed by atoms with Crippen molar-refractivity contribution in [1.29, 1.82) is 0 Å². The number of nitrogens with zero attached hydrogens (tertiary/aromatic N) is 1. The number of fused-ring (bicyclic) bond motifs is 1. The van der Waals surface area contributed by atoms with Gasteiger partial charge in [0, 0.05) is 53.8 Å². The SMILES string of the molecule is CN=C(NCCSc1ccc(Cl)cc1)NCC1CC(=O)Nc2ccccc21. The number of rotatable bonds is 6. The van der Waals surface area contributed by atoms with Gasteiger partial charge in [0.25, 0.3) is 0 Å². The number of hydrogen-bond acceptors (Lipinski definition) is 3. The highest BCUT2D eigenvalue weighted by Gasteiger charge is 2.24. The maximum absolute atomic E-state index is 11.9. The van der Waals surface area contributed by atoms with Gasteiger partial charge in [0.05, 0.1) is 0 Å². The highest BCUT2D eigenvalue weighted by molar-refractivity contribution is 7.99. The molecule has 1 heterocycles. The van der Waals surface area contributed by atoms with E-state index in [4.69, 9.17) is 11.6 Å². The molecule has 0 spiro atoms. The lowest BCUT2D eigenvalue weighted by Crippen LogP contribution is -2.41. The zero-order valence-corrected chi connectivity index (χ0v) is 16.7. The van der Waals surface area contributed by atoms with Crippen molar-refractivity contribution >= 4 is 40.9 Å². The Kier molecular flexibility index (Phi) is 7.01. The summed E-state index contributed by atoms with van der Waals surface area (Å²) in [6.45, 7) is 1.45. The molecule has 142 valence electrons. The van der Waals surface area contributed by atoms with Crippen LogP contribution in [-0.2, 0) is 4.79 Å². The van der Waals surface area contributed by atoms with E-state index in [2.05, 4.69) is 27.0 Å². The average molecular weight is 403 g/mol. The lowest BCUT2D eigenvalue weighted by atomic mass is 9.90. The van der Waals surface area contributed by atoms with Gasteiger partial charge < -0.3 is 16.0 Å². The van der Waals surface area contributed by atoms with Crippen molar-refractivity contribution in [2.75, 3.05) is 31.2 Å². The Morgan fingerprint density at radius 1 is 1.22 bits per heavy atom. The molecule has 3 N–H and O–H groups in total. The number of carbonyl (C=O) groups is 1. The minimum atomic E-state index is 0.0582. The number of guanidine groups is 1. The summed E-state index contributed by atoms with van der Waals surface area (Å²) < 4.78 is 0. The number of hydrogen-bond donors (Lipinski definition) is 3. The monoisotopic (exact) mass is 402 g/mol. The Bertz CT molecular complexity index is 810. The van der Waals surface area contributed by atoms with E-state index in [1.165, 1.54) is 10.5 Å². The summed E-state index contributed by atoms with van der Waals surface area (Å²) in [4.78, 5) is 17.4. The van der Waals surface area contributed by atoms with Gasteiger partial charge in [0.1, 0.15) is 0 Å². The number of benzene rings is 2. The molecule has 0 saturated carbocycles. The lowest BCUT2D eigenvalue weighted by Gasteiger charge is -2.26. The van der Waals surface area contributed by atoms with Crippen LogP contribution in [0.2, 0.25) is 5.02 Å². The molecule has 2 aromatic rings. The largest absolute Gasteiger partial charge is 0.356 e. The van der Waals surface area contributed by atoms with Gasteiger partial charge in [-0.15, -0.1) is 11.8 Å². The molecule has 27 heavy (non-hydrogen) atoms. The molecule has 0 aromatic heterocycles. The molecule has 1 atom stereocenters. The summed E-state index contributed by atoms with van der Waals surface area (Å²) in [5.74, 6) is 1.85. The van der Waals surface area contributed by atoms with Gasteiger partial charge in [-0.05, 0) is 35.9 Å². The summed E-state index contributed by atoms with van der Waals surface area (Å²) >= 11 is 7.66. The molecular formula is C20H23ClN4OS. The molecule has 2 aromatic carbocycles. The first-order valence-corrected chi connectivity index (χ1v) is 10.2. The third kappa shape index (κ3) is 5.65. The molecule has 0 fully saturated rings. The van der Waals surface area contributed by atoms with E-state index in [0.29, 0.717) is 13.0 Å². The van der Waals surface area contributed by atoms with Gasteiger partial charge in [-0.3, -0.25) is 9.79 Å². The van der Waals surface area contributed by atoms with Crippen molar-refractivity contribution in [2.24, 2.45) is 4.99 Å². The first-order chi connectivity index (χ1) is 13.2. The van der Waals surface area contributed by atoms with E-state index in [0.717, 1.165) is 29.0 Å². The van der Waals surface area contributed by atoms with E-state index in [-0.39, 0.29) is 11.8 Å². The second-order valence-electron chi connectivity index (χ2n) is 6.22. The van der Waals surface area contributed by atoms with E-state index in [1.54, 1.807) is 18.8 Å². The van der Waals surface area contributed by atoms with E-state index in [9.17, 15) is 4.79 Å². The van der Waals surface area contributed by atoms with Crippen LogP contribution in [0, 0.1) is 0 Å². The first-order valence-electron chi connectivity index (χ1n) is 8.87. The van der Waals surface area contributed by atoms with Crippen LogP contribution >= 0.6 is 23.4 Å². The Morgan fingerprint density at radius 3 is 2.78 bits per heavy atom. The quantitative estimate of drug-likeness (QED) is 0.298. The number of para-hydroxylation sites is 1. The number of nitrogens with one attached hydrogen (secondary N) is 3. The van der Waals surface area contributed by atoms with Gasteiger partial charge in [-0.1, -0.05) is 29.8 Å². The summed E-state index contributed by atoms with van der Waals surface area (Å²) in [6.07, 6.45) is 0.480. The molecule has 1 amide bonds. The minimum Gasteiger partial charge on any atom is -0.356 e. The summed E-state index contributed by atoms with van der Waals surface area (Å²) in [5, 5.41) is 10.3. The van der Waals surface area contributed by atoms with Gasteiger partial charge in [0.15, 0.2) is 5.96 Å².